The molecule has 0 spiro atoms. The lowest BCUT2D eigenvalue weighted by Gasteiger charge is -2.21. The molecular formula is C17H22N2O2. The number of nitrogens with zero attached hydrogens (tertiary/aromatic N) is 2. The van der Waals surface area contributed by atoms with Crippen molar-refractivity contribution < 1.29 is 9.84 Å². The Kier molecular flexibility index (Phi) is 3.97. The molecule has 1 atom stereocenters. The molecule has 3 rings (SSSR count). The monoisotopic (exact) mass is 286 g/mol. The molecule has 0 saturated heterocycles. The molecule has 0 bridgehead atoms. The third-order valence-corrected chi connectivity index (χ3v) is 4.07. The van der Waals surface area contributed by atoms with E-state index < -0.39 is 0 Å². The zero-order valence-corrected chi connectivity index (χ0v) is 12.7. The number of hydrogen-bond acceptors (Lipinski definition) is 3. The Labute approximate surface area is 125 Å². The van der Waals surface area contributed by atoms with Gasteiger partial charge >= 0.3 is 0 Å². The van der Waals surface area contributed by atoms with Crippen molar-refractivity contribution in [2.75, 3.05) is 0 Å². The molecule has 1 unspecified atom stereocenters. The highest BCUT2D eigenvalue weighted by Gasteiger charge is 2.18. The van der Waals surface area contributed by atoms with Crippen LogP contribution in [0.1, 0.15) is 48.4 Å². The molecule has 1 aromatic carbocycles. The number of ether oxygens (including phenoxy) is 1. The minimum Gasteiger partial charge on any atom is -0.487 e. The van der Waals surface area contributed by atoms with Gasteiger partial charge in [0, 0.05) is 6.54 Å². The van der Waals surface area contributed by atoms with Gasteiger partial charge in [0.1, 0.15) is 12.4 Å². The summed E-state index contributed by atoms with van der Waals surface area (Å²) in [6, 6.07) is 8.08. The second-order valence-electron chi connectivity index (χ2n) is 5.65. The molecule has 21 heavy (non-hydrogen) atoms. The highest BCUT2D eigenvalue weighted by atomic mass is 16.5. The van der Waals surface area contributed by atoms with E-state index in [9.17, 15) is 5.11 Å². The summed E-state index contributed by atoms with van der Waals surface area (Å²) in [5.41, 5.74) is 4.38. The predicted octanol–water partition coefficient (Wildman–Crippen LogP) is 3.16. The molecule has 0 aliphatic heterocycles. The van der Waals surface area contributed by atoms with Gasteiger partial charge in [-0.1, -0.05) is 6.07 Å². The summed E-state index contributed by atoms with van der Waals surface area (Å²) in [7, 11) is 0. The summed E-state index contributed by atoms with van der Waals surface area (Å²) in [5, 5.41) is 14.4. The van der Waals surface area contributed by atoms with E-state index in [4.69, 9.17) is 4.74 Å². The third kappa shape index (κ3) is 2.95. The molecule has 1 aliphatic rings. The van der Waals surface area contributed by atoms with Crippen LogP contribution in [0.15, 0.2) is 24.3 Å². The van der Waals surface area contributed by atoms with Crippen LogP contribution < -0.4 is 4.74 Å². The number of aliphatic hydroxyl groups is 1. The van der Waals surface area contributed by atoms with Crippen molar-refractivity contribution in [2.24, 2.45) is 0 Å². The second kappa shape index (κ2) is 5.90. The van der Waals surface area contributed by atoms with E-state index in [1.807, 2.05) is 23.7 Å². The van der Waals surface area contributed by atoms with Crippen molar-refractivity contribution in [2.45, 2.75) is 52.4 Å². The Bertz CT molecular complexity index is 634. The van der Waals surface area contributed by atoms with E-state index in [1.54, 1.807) is 0 Å². The molecule has 0 amide bonds. The van der Waals surface area contributed by atoms with Crippen molar-refractivity contribution >= 4 is 0 Å². The summed E-state index contributed by atoms with van der Waals surface area (Å²) in [6.07, 6.45) is 2.61. The van der Waals surface area contributed by atoms with E-state index in [0.29, 0.717) is 6.61 Å². The minimum absolute atomic E-state index is 0.313. The fraction of sp³-hybridized carbons (Fsp3) is 0.471. The van der Waals surface area contributed by atoms with Gasteiger partial charge in [-0.15, -0.1) is 0 Å². The number of benzene rings is 1. The van der Waals surface area contributed by atoms with E-state index in [-0.39, 0.29) is 6.10 Å². The number of aryl methyl sites for hydroxylation is 3. The van der Waals surface area contributed by atoms with Crippen LogP contribution in [0, 0.1) is 6.92 Å². The third-order valence-electron chi connectivity index (χ3n) is 4.07. The average molecular weight is 286 g/mol. The van der Waals surface area contributed by atoms with Crippen LogP contribution in [-0.4, -0.2) is 14.9 Å². The minimum atomic E-state index is -0.313. The summed E-state index contributed by atoms with van der Waals surface area (Å²) in [5.74, 6) is 0.865. The Morgan fingerprint density at radius 2 is 2.24 bits per heavy atom. The predicted molar refractivity (Wildman–Crippen MR) is 81.3 cm³/mol. The van der Waals surface area contributed by atoms with Crippen LogP contribution >= 0.6 is 0 Å². The maximum absolute atomic E-state index is 9.98. The molecule has 1 aromatic heterocycles. The van der Waals surface area contributed by atoms with E-state index in [2.05, 4.69) is 24.2 Å². The first-order chi connectivity index (χ1) is 10.2. The maximum Gasteiger partial charge on any atom is 0.130 e. The largest absolute Gasteiger partial charge is 0.487 e. The Balaban J connectivity index is 1.73. The zero-order chi connectivity index (χ0) is 14.8. The van der Waals surface area contributed by atoms with Gasteiger partial charge in [0.2, 0.25) is 0 Å². The van der Waals surface area contributed by atoms with Crippen LogP contribution in [0.3, 0.4) is 0 Å². The van der Waals surface area contributed by atoms with Crippen molar-refractivity contribution in [3.63, 3.8) is 0 Å². The molecule has 112 valence electrons. The number of fused-ring (bicyclic) bond motifs is 1. The Morgan fingerprint density at radius 3 is 3.05 bits per heavy atom. The molecule has 2 aromatic rings. The second-order valence-corrected chi connectivity index (χ2v) is 5.65. The SMILES string of the molecule is CCn1nc(C)cc1COc1ccc2c(c1)CCCC2O. The quantitative estimate of drug-likeness (QED) is 0.939. The normalized spacial score (nSPS) is 17.6. The first kappa shape index (κ1) is 14.1. The summed E-state index contributed by atoms with van der Waals surface area (Å²) in [6.45, 7) is 5.45. The lowest BCUT2D eigenvalue weighted by Crippen LogP contribution is -2.10. The first-order valence-electron chi connectivity index (χ1n) is 7.64. The van der Waals surface area contributed by atoms with E-state index in [0.717, 1.165) is 48.5 Å². The topological polar surface area (TPSA) is 47.3 Å². The number of hydrogen-bond donors (Lipinski definition) is 1. The maximum atomic E-state index is 9.98. The van der Waals surface area contributed by atoms with Gasteiger partial charge in [-0.2, -0.15) is 5.10 Å². The summed E-state index contributed by atoms with van der Waals surface area (Å²) >= 11 is 0. The molecule has 0 fully saturated rings. The van der Waals surface area contributed by atoms with Gasteiger partial charge in [0.25, 0.3) is 0 Å². The Hall–Kier alpha value is -1.81. The number of aromatic nitrogens is 2. The molecule has 0 radical (unpaired) electrons. The molecule has 4 heteroatoms. The van der Waals surface area contributed by atoms with Gasteiger partial charge in [-0.25, -0.2) is 0 Å². The van der Waals surface area contributed by atoms with Crippen LogP contribution in [0.4, 0.5) is 0 Å². The van der Waals surface area contributed by atoms with Crippen molar-refractivity contribution in [3.8, 4) is 5.75 Å². The smallest absolute Gasteiger partial charge is 0.130 e. The summed E-state index contributed by atoms with van der Waals surface area (Å²) < 4.78 is 7.88. The number of rotatable bonds is 4. The lowest BCUT2D eigenvalue weighted by molar-refractivity contribution is 0.156. The van der Waals surface area contributed by atoms with Gasteiger partial charge in [0.05, 0.1) is 17.5 Å². The zero-order valence-electron chi connectivity index (χ0n) is 12.7. The fourth-order valence-corrected chi connectivity index (χ4v) is 3.00. The molecule has 0 saturated carbocycles. The molecule has 1 aliphatic carbocycles. The van der Waals surface area contributed by atoms with Gasteiger partial charge in [-0.05, 0) is 62.4 Å². The summed E-state index contributed by atoms with van der Waals surface area (Å²) in [4.78, 5) is 0. The fourth-order valence-electron chi connectivity index (χ4n) is 3.00. The molecule has 1 heterocycles. The van der Waals surface area contributed by atoms with Crippen LogP contribution in [-0.2, 0) is 19.6 Å². The van der Waals surface area contributed by atoms with Crippen molar-refractivity contribution in [3.05, 3.63) is 46.8 Å². The van der Waals surface area contributed by atoms with Crippen LogP contribution in [0.5, 0.6) is 5.75 Å². The van der Waals surface area contributed by atoms with Gasteiger partial charge in [-0.3, -0.25) is 4.68 Å². The van der Waals surface area contributed by atoms with Crippen LogP contribution in [0.2, 0.25) is 0 Å². The average Bonchev–Trinajstić information content (AvgIpc) is 2.85. The van der Waals surface area contributed by atoms with Gasteiger partial charge in [0.15, 0.2) is 0 Å². The van der Waals surface area contributed by atoms with Crippen LogP contribution in [0.25, 0.3) is 0 Å². The first-order valence-corrected chi connectivity index (χ1v) is 7.64. The molecular weight excluding hydrogens is 264 g/mol. The lowest BCUT2D eigenvalue weighted by atomic mass is 9.89. The number of aliphatic hydroxyl groups excluding tert-OH is 1. The highest BCUT2D eigenvalue weighted by Crippen LogP contribution is 2.32. The van der Waals surface area contributed by atoms with Gasteiger partial charge < -0.3 is 9.84 Å². The van der Waals surface area contributed by atoms with E-state index >= 15 is 0 Å². The van der Waals surface area contributed by atoms with Crippen molar-refractivity contribution in [1.82, 2.24) is 9.78 Å². The molecule has 4 nitrogen and oxygen atoms in total. The molecule has 1 N–H and O–H groups in total. The van der Waals surface area contributed by atoms with E-state index in [1.165, 1.54) is 5.56 Å². The Morgan fingerprint density at radius 1 is 1.38 bits per heavy atom. The van der Waals surface area contributed by atoms with Crippen molar-refractivity contribution in [1.29, 1.82) is 0 Å². The standard InChI is InChI=1S/C17H22N2O2/c1-3-19-14(9-12(2)18-19)11-21-15-7-8-16-13(10-15)5-4-6-17(16)20/h7-10,17,20H,3-6,11H2,1-2H3. The highest BCUT2D eigenvalue weighted by molar-refractivity contribution is 5.38.